The molecule has 0 amide bonds. The van der Waals surface area contributed by atoms with E-state index in [0.717, 1.165) is 29.3 Å². The predicted octanol–water partition coefficient (Wildman–Crippen LogP) is 3.01. The highest BCUT2D eigenvalue weighted by molar-refractivity contribution is 5.92. The highest BCUT2D eigenvalue weighted by atomic mass is 16.5. The first-order valence-corrected chi connectivity index (χ1v) is 10.9. The largest absolute Gasteiger partial charge is 0.454 e. The minimum atomic E-state index is -0.546. The zero-order valence-electron chi connectivity index (χ0n) is 18.6. The minimum Gasteiger partial charge on any atom is -0.454 e. The molecule has 0 aliphatic rings. The Morgan fingerprint density at radius 2 is 1.97 bits per heavy atom. The fourth-order valence-electron chi connectivity index (χ4n) is 3.80. The van der Waals surface area contributed by atoms with Crippen LogP contribution in [0.2, 0.25) is 0 Å². The van der Waals surface area contributed by atoms with E-state index in [4.69, 9.17) is 4.74 Å². The number of carbonyl (C=O) groups excluding carboxylic acids is 1. The number of imidazole rings is 1. The number of pyridine rings is 1. The van der Waals surface area contributed by atoms with Crippen molar-refractivity contribution in [3.05, 3.63) is 74.8 Å². The number of rotatable bonds is 8. The van der Waals surface area contributed by atoms with Gasteiger partial charge in [-0.25, -0.2) is 14.6 Å². The highest BCUT2D eigenvalue weighted by Gasteiger charge is 2.18. The van der Waals surface area contributed by atoms with Crippen LogP contribution in [0.4, 0.5) is 0 Å². The summed E-state index contributed by atoms with van der Waals surface area (Å²) in [5, 5.41) is 0.976. The van der Waals surface area contributed by atoms with Crippen LogP contribution in [-0.4, -0.2) is 30.1 Å². The lowest BCUT2D eigenvalue weighted by Crippen LogP contribution is -2.31. The van der Waals surface area contributed by atoms with Crippen LogP contribution in [0, 0.1) is 0 Å². The van der Waals surface area contributed by atoms with Gasteiger partial charge >= 0.3 is 11.7 Å². The smallest absolute Gasteiger partial charge is 0.331 e. The molecule has 0 saturated carbocycles. The van der Waals surface area contributed by atoms with Crippen LogP contribution in [-0.2, 0) is 29.2 Å². The van der Waals surface area contributed by atoms with Crippen molar-refractivity contribution < 1.29 is 9.53 Å². The number of esters is 1. The molecule has 0 spiro atoms. The van der Waals surface area contributed by atoms with Gasteiger partial charge in [0.05, 0.1) is 5.52 Å². The Kier molecular flexibility index (Phi) is 6.48. The van der Waals surface area contributed by atoms with Gasteiger partial charge in [0.25, 0.3) is 5.56 Å². The van der Waals surface area contributed by atoms with Crippen molar-refractivity contribution in [2.75, 3.05) is 0 Å². The minimum absolute atomic E-state index is 0.124. The highest BCUT2D eigenvalue weighted by Crippen LogP contribution is 2.17. The maximum atomic E-state index is 12.5. The van der Waals surface area contributed by atoms with Gasteiger partial charge in [0.2, 0.25) is 0 Å². The van der Waals surface area contributed by atoms with Crippen molar-refractivity contribution in [2.45, 2.75) is 46.4 Å². The zero-order valence-corrected chi connectivity index (χ0v) is 18.6. The molecule has 3 aromatic heterocycles. The quantitative estimate of drug-likeness (QED) is 0.328. The molecular formula is C24H25N5O4. The topological polar surface area (TPSA) is 112 Å². The van der Waals surface area contributed by atoms with Gasteiger partial charge in [0, 0.05) is 36.3 Å². The van der Waals surface area contributed by atoms with Crippen molar-refractivity contribution in [1.82, 2.24) is 24.1 Å². The summed E-state index contributed by atoms with van der Waals surface area (Å²) in [6.45, 7) is 4.65. The van der Waals surface area contributed by atoms with E-state index in [9.17, 15) is 14.4 Å². The van der Waals surface area contributed by atoms with Gasteiger partial charge in [-0.2, -0.15) is 0 Å². The molecule has 170 valence electrons. The summed E-state index contributed by atoms with van der Waals surface area (Å²) >= 11 is 0. The lowest BCUT2D eigenvalue weighted by molar-refractivity contribution is -0.139. The van der Waals surface area contributed by atoms with E-state index in [1.807, 2.05) is 44.2 Å². The number of carbonyl (C=O) groups is 1. The van der Waals surface area contributed by atoms with Gasteiger partial charge in [-0.3, -0.25) is 19.3 Å². The molecule has 0 saturated heterocycles. The van der Waals surface area contributed by atoms with Crippen LogP contribution in [0.5, 0.6) is 0 Å². The number of hydrogen-bond donors (Lipinski definition) is 1. The second kappa shape index (κ2) is 9.64. The molecule has 1 aromatic carbocycles. The third kappa shape index (κ3) is 4.48. The molecule has 4 aromatic rings. The van der Waals surface area contributed by atoms with Gasteiger partial charge < -0.3 is 9.30 Å². The summed E-state index contributed by atoms with van der Waals surface area (Å²) in [7, 11) is 0. The first kappa shape index (κ1) is 22.2. The lowest BCUT2D eigenvalue weighted by Gasteiger charge is -2.06. The summed E-state index contributed by atoms with van der Waals surface area (Å²) in [5.41, 5.74) is 1.22. The van der Waals surface area contributed by atoms with Crippen molar-refractivity contribution in [2.24, 2.45) is 0 Å². The normalized spacial score (nSPS) is 11.6. The standard InChI is InChI=1S/C24H25N5O4/c1-3-5-14-29-22-21(23(31)27-24(29)32)28(4-2)18(26-22)15-33-19(30)12-11-17-9-6-8-16-10-7-13-25-20(16)17/h6-13H,3-5,14-15H2,1-2H3,(H,27,31,32)/b12-11+. The van der Waals surface area contributed by atoms with E-state index in [1.54, 1.807) is 16.8 Å². The van der Waals surface area contributed by atoms with E-state index in [0.29, 0.717) is 30.1 Å². The summed E-state index contributed by atoms with van der Waals surface area (Å²) in [6, 6.07) is 9.53. The van der Waals surface area contributed by atoms with Crippen LogP contribution in [0.15, 0.2) is 52.2 Å². The molecule has 0 aliphatic carbocycles. The first-order valence-electron chi connectivity index (χ1n) is 10.9. The third-order valence-corrected chi connectivity index (χ3v) is 5.42. The van der Waals surface area contributed by atoms with Gasteiger partial charge in [-0.15, -0.1) is 0 Å². The Balaban J connectivity index is 1.58. The molecule has 3 heterocycles. The number of fused-ring (bicyclic) bond motifs is 2. The zero-order chi connectivity index (χ0) is 23.4. The SMILES string of the molecule is CCCCn1c(=O)[nH]c(=O)c2c1nc(COC(=O)/C=C/c1cccc3cccnc13)n2CC. The van der Waals surface area contributed by atoms with E-state index in [1.165, 1.54) is 10.6 Å². The number of hydrogen-bond acceptors (Lipinski definition) is 6. The average molecular weight is 447 g/mol. The van der Waals surface area contributed by atoms with Crippen molar-refractivity contribution >= 4 is 34.1 Å². The number of nitrogens with one attached hydrogen (secondary N) is 1. The van der Waals surface area contributed by atoms with Crippen LogP contribution in [0.3, 0.4) is 0 Å². The van der Waals surface area contributed by atoms with Crippen molar-refractivity contribution in [3.8, 4) is 0 Å². The summed E-state index contributed by atoms with van der Waals surface area (Å²) in [6.07, 6.45) is 6.37. The molecule has 9 heteroatoms. The number of H-pyrrole nitrogens is 1. The predicted molar refractivity (Wildman–Crippen MR) is 126 cm³/mol. The number of nitrogens with zero attached hydrogens (tertiary/aromatic N) is 4. The Hall–Kier alpha value is -4.01. The monoisotopic (exact) mass is 447 g/mol. The van der Waals surface area contributed by atoms with Crippen molar-refractivity contribution in [1.29, 1.82) is 0 Å². The van der Waals surface area contributed by atoms with E-state index >= 15 is 0 Å². The van der Waals surface area contributed by atoms with Crippen LogP contribution in [0.25, 0.3) is 28.1 Å². The second-order valence-electron chi connectivity index (χ2n) is 7.57. The van der Waals surface area contributed by atoms with Gasteiger partial charge in [0.1, 0.15) is 12.4 Å². The third-order valence-electron chi connectivity index (χ3n) is 5.42. The fourth-order valence-corrected chi connectivity index (χ4v) is 3.80. The summed E-state index contributed by atoms with van der Waals surface area (Å²) in [4.78, 5) is 48.4. The Morgan fingerprint density at radius 1 is 1.15 bits per heavy atom. The Labute approximate surface area is 189 Å². The van der Waals surface area contributed by atoms with Gasteiger partial charge in [-0.05, 0) is 25.5 Å². The molecule has 0 fully saturated rings. The van der Waals surface area contributed by atoms with E-state index < -0.39 is 17.2 Å². The number of aryl methyl sites for hydroxylation is 2. The number of benzene rings is 1. The molecule has 33 heavy (non-hydrogen) atoms. The van der Waals surface area contributed by atoms with Gasteiger partial charge in [-0.1, -0.05) is 37.6 Å². The van der Waals surface area contributed by atoms with Crippen LogP contribution >= 0.6 is 0 Å². The fraction of sp³-hybridized carbons (Fsp3) is 0.292. The number of para-hydroxylation sites is 1. The lowest BCUT2D eigenvalue weighted by atomic mass is 10.1. The number of unbranched alkanes of at least 4 members (excludes halogenated alkanes) is 1. The number of ether oxygens (including phenoxy) is 1. The van der Waals surface area contributed by atoms with Crippen molar-refractivity contribution in [3.63, 3.8) is 0 Å². The Morgan fingerprint density at radius 3 is 2.76 bits per heavy atom. The molecule has 1 N–H and O–H groups in total. The second-order valence-corrected chi connectivity index (χ2v) is 7.57. The van der Waals surface area contributed by atoms with E-state index in [2.05, 4.69) is 15.0 Å². The van der Waals surface area contributed by atoms with Gasteiger partial charge in [0.15, 0.2) is 11.2 Å². The number of aromatic nitrogens is 5. The first-order chi connectivity index (χ1) is 16.0. The van der Waals surface area contributed by atoms with Crippen LogP contribution < -0.4 is 11.2 Å². The molecule has 9 nitrogen and oxygen atoms in total. The molecule has 0 aliphatic heterocycles. The molecule has 4 rings (SSSR count). The molecule has 0 radical (unpaired) electrons. The Bertz CT molecular complexity index is 1460. The van der Waals surface area contributed by atoms with E-state index in [-0.39, 0.29) is 6.61 Å². The number of aromatic amines is 1. The maximum Gasteiger partial charge on any atom is 0.331 e. The molecular weight excluding hydrogens is 422 g/mol. The summed E-state index contributed by atoms with van der Waals surface area (Å²) < 4.78 is 8.53. The molecule has 0 unspecified atom stereocenters. The molecule has 0 atom stereocenters. The van der Waals surface area contributed by atoms with Crippen LogP contribution in [0.1, 0.15) is 38.1 Å². The average Bonchev–Trinajstić information content (AvgIpc) is 3.20. The maximum absolute atomic E-state index is 12.5. The molecule has 0 bridgehead atoms. The summed E-state index contributed by atoms with van der Waals surface area (Å²) in [5.74, 6) is -0.141.